The minimum absolute atomic E-state index is 0.537. The van der Waals surface area contributed by atoms with Gasteiger partial charge in [-0.05, 0) is 59.9 Å². The molecule has 1 heteroatoms. The van der Waals surface area contributed by atoms with E-state index in [2.05, 4.69) is 58.0 Å². The molecular formula is C20H28O. The summed E-state index contributed by atoms with van der Waals surface area (Å²) in [5, 5.41) is 13.2. The van der Waals surface area contributed by atoms with Crippen LogP contribution >= 0.6 is 0 Å². The molecule has 0 unspecified atom stereocenters. The second-order valence-corrected chi connectivity index (χ2v) is 6.95. The molecule has 0 aromatic heterocycles. The van der Waals surface area contributed by atoms with Crippen molar-refractivity contribution >= 4 is 10.8 Å². The largest absolute Gasteiger partial charge is 0.507 e. The van der Waals surface area contributed by atoms with Gasteiger partial charge in [0.2, 0.25) is 0 Å². The summed E-state index contributed by atoms with van der Waals surface area (Å²) in [5.74, 6) is 1.85. The quantitative estimate of drug-likeness (QED) is 0.719. The maximum atomic E-state index is 10.7. The fourth-order valence-corrected chi connectivity index (χ4v) is 2.80. The van der Waals surface area contributed by atoms with Gasteiger partial charge in [0.05, 0.1) is 0 Å². The summed E-state index contributed by atoms with van der Waals surface area (Å²) in [4.78, 5) is 0. The van der Waals surface area contributed by atoms with Gasteiger partial charge < -0.3 is 5.11 Å². The molecule has 0 bridgehead atoms. The number of phenolic OH excluding ortho intramolecular Hbond substituents is 1. The maximum Gasteiger partial charge on any atom is 0.122 e. The smallest absolute Gasteiger partial charge is 0.122 e. The summed E-state index contributed by atoms with van der Waals surface area (Å²) in [6.07, 6.45) is 4.16. The first-order valence-corrected chi connectivity index (χ1v) is 8.21. The molecule has 2 rings (SSSR count). The first-order valence-electron chi connectivity index (χ1n) is 8.21. The number of hydrogen-bond donors (Lipinski definition) is 1. The van der Waals surface area contributed by atoms with Crippen LogP contribution in [0.25, 0.3) is 10.8 Å². The van der Waals surface area contributed by atoms with E-state index in [1.54, 1.807) is 0 Å². The van der Waals surface area contributed by atoms with E-state index in [0.29, 0.717) is 17.6 Å². The summed E-state index contributed by atoms with van der Waals surface area (Å²) in [6, 6.07) is 10.6. The molecule has 0 atom stereocenters. The normalized spacial score (nSPS) is 11.7. The molecule has 0 heterocycles. The molecular weight excluding hydrogens is 256 g/mol. The van der Waals surface area contributed by atoms with Crippen molar-refractivity contribution in [2.24, 2.45) is 11.8 Å². The van der Waals surface area contributed by atoms with Crippen molar-refractivity contribution in [3.63, 3.8) is 0 Å². The summed E-state index contributed by atoms with van der Waals surface area (Å²) in [6.45, 7) is 8.94. The Bertz CT molecular complexity index is 596. The molecule has 114 valence electrons. The monoisotopic (exact) mass is 284 g/mol. The van der Waals surface area contributed by atoms with Crippen LogP contribution in [0, 0.1) is 11.8 Å². The van der Waals surface area contributed by atoms with Gasteiger partial charge in [0.15, 0.2) is 0 Å². The summed E-state index contributed by atoms with van der Waals surface area (Å²) < 4.78 is 0. The zero-order valence-electron chi connectivity index (χ0n) is 13.8. The molecule has 21 heavy (non-hydrogen) atoms. The average molecular weight is 284 g/mol. The molecule has 0 fully saturated rings. The molecule has 0 amide bonds. The van der Waals surface area contributed by atoms with Crippen LogP contribution in [0.15, 0.2) is 30.3 Å². The van der Waals surface area contributed by atoms with E-state index in [1.807, 2.05) is 0 Å². The highest BCUT2D eigenvalue weighted by Gasteiger charge is 2.13. The van der Waals surface area contributed by atoms with Gasteiger partial charge in [0.25, 0.3) is 0 Å². The van der Waals surface area contributed by atoms with Crippen LogP contribution in [-0.2, 0) is 12.8 Å². The fourth-order valence-electron chi connectivity index (χ4n) is 2.80. The van der Waals surface area contributed by atoms with Gasteiger partial charge in [-0.2, -0.15) is 0 Å². The Kier molecular flexibility index (Phi) is 5.27. The van der Waals surface area contributed by atoms with Crippen molar-refractivity contribution in [2.45, 2.75) is 53.4 Å². The zero-order chi connectivity index (χ0) is 15.4. The molecule has 0 saturated carbocycles. The lowest BCUT2D eigenvalue weighted by Crippen LogP contribution is -1.99. The van der Waals surface area contributed by atoms with Gasteiger partial charge in [-0.1, -0.05) is 52.0 Å². The van der Waals surface area contributed by atoms with E-state index < -0.39 is 0 Å². The van der Waals surface area contributed by atoms with E-state index in [-0.39, 0.29) is 0 Å². The number of fused-ring (bicyclic) bond motifs is 1. The van der Waals surface area contributed by atoms with Gasteiger partial charge in [-0.15, -0.1) is 0 Å². The van der Waals surface area contributed by atoms with Gasteiger partial charge in [0, 0.05) is 5.56 Å². The molecule has 0 saturated heterocycles. The molecule has 0 radical (unpaired) electrons. The van der Waals surface area contributed by atoms with Crippen molar-refractivity contribution < 1.29 is 5.11 Å². The third kappa shape index (κ3) is 4.00. The second kappa shape index (κ2) is 6.98. The van der Waals surface area contributed by atoms with E-state index in [1.165, 1.54) is 10.8 Å². The highest BCUT2D eigenvalue weighted by atomic mass is 16.3. The van der Waals surface area contributed by atoms with Crippen LogP contribution in [0.2, 0.25) is 0 Å². The van der Waals surface area contributed by atoms with Crippen molar-refractivity contribution in [3.8, 4) is 5.75 Å². The highest BCUT2D eigenvalue weighted by Crippen LogP contribution is 2.34. The predicted octanol–water partition coefficient (Wildman–Crippen LogP) is 5.72. The third-order valence-corrected chi connectivity index (χ3v) is 4.17. The van der Waals surface area contributed by atoms with Crippen molar-refractivity contribution in [1.29, 1.82) is 0 Å². The van der Waals surface area contributed by atoms with Crippen LogP contribution in [-0.4, -0.2) is 5.11 Å². The van der Waals surface area contributed by atoms with Crippen LogP contribution < -0.4 is 0 Å². The molecule has 0 aliphatic rings. The first-order chi connectivity index (χ1) is 9.99. The van der Waals surface area contributed by atoms with Crippen LogP contribution in [0.4, 0.5) is 0 Å². The lowest BCUT2D eigenvalue weighted by atomic mass is 9.91. The van der Waals surface area contributed by atoms with Gasteiger partial charge in [0.1, 0.15) is 5.75 Å². The molecule has 1 nitrogen and oxygen atoms in total. The van der Waals surface area contributed by atoms with E-state index in [9.17, 15) is 5.11 Å². The SMILES string of the molecule is CC(C)CCc1cc2ccccc2c(CCC(C)C)c1O. The van der Waals surface area contributed by atoms with Crippen LogP contribution in [0.1, 0.15) is 51.7 Å². The summed E-state index contributed by atoms with van der Waals surface area (Å²) in [7, 11) is 0. The third-order valence-electron chi connectivity index (χ3n) is 4.17. The second-order valence-electron chi connectivity index (χ2n) is 6.95. The van der Waals surface area contributed by atoms with Crippen molar-refractivity contribution in [2.75, 3.05) is 0 Å². The number of rotatable bonds is 6. The van der Waals surface area contributed by atoms with Gasteiger partial charge >= 0.3 is 0 Å². The van der Waals surface area contributed by atoms with E-state index >= 15 is 0 Å². The Hall–Kier alpha value is -1.50. The molecule has 2 aromatic carbocycles. The highest BCUT2D eigenvalue weighted by molar-refractivity contribution is 5.88. The Morgan fingerprint density at radius 1 is 0.905 bits per heavy atom. The van der Waals surface area contributed by atoms with E-state index in [4.69, 9.17) is 0 Å². The summed E-state index contributed by atoms with van der Waals surface area (Å²) >= 11 is 0. The number of aromatic hydroxyl groups is 1. The molecule has 2 aromatic rings. The summed E-state index contributed by atoms with van der Waals surface area (Å²) in [5.41, 5.74) is 2.25. The van der Waals surface area contributed by atoms with Crippen molar-refractivity contribution in [1.82, 2.24) is 0 Å². The minimum atomic E-state index is 0.537. The fraction of sp³-hybridized carbons (Fsp3) is 0.500. The number of hydrogen-bond acceptors (Lipinski definition) is 1. The van der Waals surface area contributed by atoms with Gasteiger partial charge in [-0.3, -0.25) is 0 Å². The lowest BCUT2D eigenvalue weighted by Gasteiger charge is -2.15. The Morgan fingerprint density at radius 3 is 2.19 bits per heavy atom. The topological polar surface area (TPSA) is 20.2 Å². The average Bonchev–Trinajstić information content (AvgIpc) is 2.44. The number of benzene rings is 2. The maximum absolute atomic E-state index is 10.7. The molecule has 0 spiro atoms. The van der Waals surface area contributed by atoms with Crippen LogP contribution in [0.5, 0.6) is 5.75 Å². The Labute approximate surface area is 129 Å². The lowest BCUT2D eigenvalue weighted by molar-refractivity contribution is 0.454. The predicted molar refractivity (Wildman–Crippen MR) is 91.9 cm³/mol. The van der Waals surface area contributed by atoms with Gasteiger partial charge in [-0.25, -0.2) is 0 Å². The molecule has 1 N–H and O–H groups in total. The number of phenols is 1. The van der Waals surface area contributed by atoms with Crippen LogP contribution in [0.3, 0.4) is 0 Å². The van der Waals surface area contributed by atoms with E-state index in [0.717, 1.165) is 36.8 Å². The Balaban J connectivity index is 2.43. The Morgan fingerprint density at radius 2 is 1.52 bits per heavy atom. The first kappa shape index (κ1) is 15.9. The minimum Gasteiger partial charge on any atom is -0.507 e. The number of aryl methyl sites for hydroxylation is 2. The molecule has 0 aliphatic carbocycles. The standard InChI is InChI=1S/C20H28O/c1-14(2)9-11-17-13-16-7-5-6-8-18(16)19(20(17)21)12-10-15(3)4/h5-8,13-15,21H,9-12H2,1-4H3. The van der Waals surface area contributed by atoms with Crippen molar-refractivity contribution in [3.05, 3.63) is 41.5 Å². The molecule has 0 aliphatic heterocycles. The zero-order valence-corrected chi connectivity index (χ0v) is 13.8.